The SMILES string of the molecule is COC(=O)[C@@H](N)Cc1ccc(/C=N/NC(C)=O)cc1. The first kappa shape index (κ1) is 14.8. The minimum atomic E-state index is -0.663. The van der Waals surface area contributed by atoms with E-state index in [9.17, 15) is 9.59 Å². The maximum absolute atomic E-state index is 11.2. The molecule has 1 rings (SSSR count). The molecular weight excluding hydrogens is 246 g/mol. The molecule has 1 amide bonds. The van der Waals surface area contributed by atoms with Crippen LogP contribution in [0.15, 0.2) is 29.4 Å². The van der Waals surface area contributed by atoms with Crippen molar-refractivity contribution in [2.24, 2.45) is 10.8 Å². The van der Waals surface area contributed by atoms with E-state index in [0.29, 0.717) is 6.42 Å². The van der Waals surface area contributed by atoms with Crippen molar-refractivity contribution in [3.63, 3.8) is 0 Å². The van der Waals surface area contributed by atoms with Crippen molar-refractivity contribution in [2.45, 2.75) is 19.4 Å². The Morgan fingerprint density at radius 2 is 2.05 bits per heavy atom. The molecule has 0 aliphatic carbocycles. The van der Waals surface area contributed by atoms with Crippen molar-refractivity contribution >= 4 is 18.1 Å². The van der Waals surface area contributed by atoms with Gasteiger partial charge in [0.2, 0.25) is 5.91 Å². The highest BCUT2D eigenvalue weighted by Gasteiger charge is 2.13. The highest BCUT2D eigenvalue weighted by Crippen LogP contribution is 2.05. The lowest BCUT2D eigenvalue weighted by Gasteiger charge is -2.09. The van der Waals surface area contributed by atoms with Crippen LogP contribution in [0.2, 0.25) is 0 Å². The zero-order valence-corrected chi connectivity index (χ0v) is 10.9. The standard InChI is InChI=1S/C13H17N3O3/c1-9(17)16-15-8-11-5-3-10(4-6-11)7-12(14)13(18)19-2/h3-6,8,12H,7,14H2,1-2H3,(H,16,17)/b15-8+/t12-/m0/s1. The van der Waals surface area contributed by atoms with E-state index in [1.807, 2.05) is 24.3 Å². The van der Waals surface area contributed by atoms with Crippen LogP contribution in [-0.2, 0) is 20.7 Å². The summed E-state index contributed by atoms with van der Waals surface area (Å²) in [4.78, 5) is 21.8. The third-order valence-electron chi connectivity index (χ3n) is 2.37. The van der Waals surface area contributed by atoms with E-state index >= 15 is 0 Å². The molecule has 0 saturated heterocycles. The fourth-order valence-corrected chi connectivity index (χ4v) is 1.43. The number of esters is 1. The van der Waals surface area contributed by atoms with Gasteiger partial charge in [-0.1, -0.05) is 24.3 Å². The van der Waals surface area contributed by atoms with Gasteiger partial charge in [-0.25, -0.2) is 5.43 Å². The first-order valence-corrected chi connectivity index (χ1v) is 5.75. The van der Waals surface area contributed by atoms with Crippen LogP contribution >= 0.6 is 0 Å². The van der Waals surface area contributed by atoms with Crippen molar-refractivity contribution in [1.82, 2.24) is 5.43 Å². The number of carbonyl (C=O) groups excluding carboxylic acids is 2. The Balaban J connectivity index is 2.59. The molecule has 0 saturated carbocycles. The lowest BCUT2D eigenvalue weighted by atomic mass is 10.1. The molecule has 0 radical (unpaired) electrons. The smallest absolute Gasteiger partial charge is 0.322 e. The fourth-order valence-electron chi connectivity index (χ4n) is 1.43. The highest BCUT2D eigenvalue weighted by molar-refractivity contribution is 5.81. The Morgan fingerprint density at radius 1 is 1.42 bits per heavy atom. The van der Waals surface area contributed by atoms with Gasteiger partial charge in [0, 0.05) is 6.92 Å². The molecule has 1 aromatic carbocycles. The number of ether oxygens (including phenoxy) is 1. The zero-order valence-electron chi connectivity index (χ0n) is 10.9. The summed E-state index contributed by atoms with van der Waals surface area (Å²) in [6.07, 6.45) is 1.95. The van der Waals surface area contributed by atoms with Gasteiger partial charge in [-0.15, -0.1) is 0 Å². The van der Waals surface area contributed by atoms with E-state index in [1.54, 1.807) is 0 Å². The Kier molecular flexibility index (Phi) is 5.69. The summed E-state index contributed by atoms with van der Waals surface area (Å²) in [5.74, 6) is -0.659. The molecule has 6 nitrogen and oxygen atoms in total. The third kappa shape index (κ3) is 5.31. The summed E-state index contributed by atoms with van der Waals surface area (Å²) in [7, 11) is 1.31. The molecule has 102 valence electrons. The summed E-state index contributed by atoms with van der Waals surface area (Å²) in [5.41, 5.74) is 9.74. The molecule has 3 N–H and O–H groups in total. The molecule has 0 bridgehead atoms. The highest BCUT2D eigenvalue weighted by atomic mass is 16.5. The van der Waals surface area contributed by atoms with Crippen molar-refractivity contribution in [3.8, 4) is 0 Å². The van der Waals surface area contributed by atoms with E-state index in [-0.39, 0.29) is 5.91 Å². The topological polar surface area (TPSA) is 93.8 Å². The predicted octanol–water partition coefficient (Wildman–Crippen LogP) is 0.199. The largest absolute Gasteiger partial charge is 0.468 e. The molecule has 6 heteroatoms. The zero-order chi connectivity index (χ0) is 14.3. The Labute approximate surface area is 111 Å². The molecule has 0 spiro atoms. The van der Waals surface area contributed by atoms with E-state index in [1.165, 1.54) is 20.2 Å². The number of nitrogens with zero attached hydrogens (tertiary/aromatic N) is 1. The van der Waals surface area contributed by atoms with E-state index in [0.717, 1.165) is 11.1 Å². The number of rotatable bonds is 5. The summed E-state index contributed by atoms with van der Waals surface area (Å²) in [6.45, 7) is 1.38. The second-order valence-corrected chi connectivity index (χ2v) is 4.00. The van der Waals surface area contributed by atoms with Crippen LogP contribution in [0.3, 0.4) is 0 Å². The maximum atomic E-state index is 11.2. The molecule has 0 aromatic heterocycles. The molecule has 1 atom stereocenters. The van der Waals surface area contributed by atoms with Gasteiger partial charge < -0.3 is 10.5 Å². The number of hydrogen-bond acceptors (Lipinski definition) is 5. The van der Waals surface area contributed by atoms with Gasteiger partial charge in [-0.3, -0.25) is 9.59 Å². The van der Waals surface area contributed by atoms with Crippen molar-refractivity contribution in [2.75, 3.05) is 7.11 Å². The van der Waals surface area contributed by atoms with E-state index in [2.05, 4.69) is 15.3 Å². The number of hydrogen-bond donors (Lipinski definition) is 2. The first-order valence-electron chi connectivity index (χ1n) is 5.75. The molecule has 0 unspecified atom stereocenters. The minimum Gasteiger partial charge on any atom is -0.468 e. The van der Waals surface area contributed by atoms with Crippen LogP contribution in [0.5, 0.6) is 0 Å². The number of hydrazone groups is 1. The number of amides is 1. The fraction of sp³-hybridized carbons (Fsp3) is 0.308. The molecule has 0 aliphatic rings. The number of benzene rings is 1. The van der Waals surface area contributed by atoms with Gasteiger partial charge in [0.05, 0.1) is 13.3 Å². The number of nitrogens with one attached hydrogen (secondary N) is 1. The summed E-state index contributed by atoms with van der Waals surface area (Å²) >= 11 is 0. The summed E-state index contributed by atoms with van der Waals surface area (Å²) < 4.78 is 4.56. The Morgan fingerprint density at radius 3 is 2.58 bits per heavy atom. The first-order chi connectivity index (χ1) is 9.02. The molecule has 19 heavy (non-hydrogen) atoms. The molecular formula is C13H17N3O3. The van der Waals surface area contributed by atoms with Gasteiger partial charge in [0.15, 0.2) is 0 Å². The average Bonchev–Trinajstić information content (AvgIpc) is 2.39. The van der Waals surface area contributed by atoms with Crippen LogP contribution in [0.1, 0.15) is 18.1 Å². The third-order valence-corrected chi connectivity index (χ3v) is 2.37. The van der Waals surface area contributed by atoms with E-state index in [4.69, 9.17) is 5.73 Å². The minimum absolute atomic E-state index is 0.225. The molecule has 0 heterocycles. The molecule has 1 aromatic rings. The van der Waals surface area contributed by atoms with Gasteiger partial charge in [0.1, 0.15) is 6.04 Å². The second kappa shape index (κ2) is 7.27. The van der Waals surface area contributed by atoms with E-state index < -0.39 is 12.0 Å². The number of nitrogens with two attached hydrogens (primary N) is 1. The number of carbonyl (C=O) groups is 2. The van der Waals surface area contributed by atoms with Crippen LogP contribution in [0.25, 0.3) is 0 Å². The van der Waals surface area contributed by atoms with Crippen LogP contribution in [0, 0.1) is 0 Å². The van der Waals surface area contributed by atoms with Gasteiger partial charge in [0.25, 0.3) is 0 Å². The monoisotopic (exact) mass is 263 g/mol. The Bertz CT molecular complexity index is 469. The average molecular weight is 263 g/mol. The van der Waals surface area contributed by atoms with Crippen molar-refractivity contribution in [1.29, 1.82) is 0 Å². The predicted molar refractivity (Wildman–Crippen MR) is 71.5 cm³/mol. The van der Waals surface area contributed by atoms with Crippen LogP contribution in [0.4, 0.5) is 0 Å². The molecule has 0 fully saturated rings. The second-order valence-electron chi connectivity index (χ2n) is 4.00. The number of methoxy groups -OCH3 is 1. The quantitative estimate of drug-likeness (QED) is 0.451. The normalized spacial score (nSPS) is 12.2. The van der Waals surface area contributed by atoms with Gasteiger partial charge in [-0.05, 0) is 17.5 Å². The summed E-state index contributed by atoms with van der Waals surface area (Å²) in [5, 5.41) is 3.75. The van der Waals surface area contributed by atoms with Crippen molar-refractivity contribution in [3.05, 3.63) is 35.4 Å². The van der Waals surface area contributed by atoms with Crippen molar-refractivity contribution < 1.29 is 14.3 Å². The lowest BCUT2D eigenvalue weighted by molar-refractivity contribution is -0.142. The Hall–Kier alpha value is -2.21. The maximum Gasteiger partial charge on any atom is 0.322 e. The van der Waals surface area contributed by atoms with Gasteiger partial charge in [-0.2, -0.15) is 5.10 Å². The van der Waals surface area contributed by atoms with Gasteiger partial charge >= 0.3 is 5.97 Å². The molecule has 0 aliphatic heterocycles. The summed E-state index contributed by atoms with van der Waals surface area (Å²) in [6, 6.07) is 6.68. The lowest BCUT2D eigenvalue weighted by Crippen LogP contribution is -2.33. The van der Waals surface area contributed by atoms with Crippen LogP contribution in [-0.4, -0.2) is 31.2 Å². The van der Waals surface area contributed by atoms with Crippen LogP contribution < -0.4 is 11.2 Å².